The summed E-state index contributed by atoms with van der Waals surface area (Å²) in [5.41, 5.74) is 2.04. The predicted octanol–water partition coefficient (Wildman–Crippen LogP) is 2.69. The zero-order valence-corrected chi connectivity index (χ0v) is 8.45. The molecule has 2 aromatic heterocycles. The molecule has 14 heavy (non-hydrogen) atoms. The molecule has 0 radical (unpaired) electrons. The van der Waals surface area contributed by atoms with Crippen LogP contribution in [0.2, 0.25) is 0 Å². The first kappa shape index (κ1) is 9.19. The van der Waals surface area contributed by atoms with Gasteiger partial charge in [-0.3, -0.25) is 0 Å². The molecule has 0 fully saturated rings. The van der Waals surface area contributed by atoms with Crippen LogP contribution in [-0.2, 0) is 6.42 Å². The third-order valence-electron chi connectivity index (χ3n) is 2.35. The van der Waals surface area contributed by atoms with E-state index in [1.54, 1.807) is 0 Å². The third kappa shape index (κ3) is 1.92. The highest BCUT2D eigenvalue weighted by Crippen LogP contribution is 2.09. The molecule has 0 atom stereocenters. The predicted molar refractivity (Wildman–Crippen MR) is 57.1 cm³/mol. The minimum absolute atomic E-state index is 0.963. The quantitative estimate of drug-likeness (QED) is 0.751. The molecule has 3 nitrogen and oxygen atoms in total. The van der Waals surface area contributed by atoms with E-state index in [9.17, 15) is 0 Å². The second-order valence-corrected chi connectivity index (χ2v) is 3.52. The normalized spacial score (nSPS) is 10.9. The van der Waals surface area contributed by atoms with Gasteiger partial charge in [0.05, 0.1) is 17.2 Å². The standard InChI is InChI=1S/C11H15N3/c1-2-3-4-5-11-13-8-10-9(14-11)6-7-12-10/h6-8,12H,2-5H2,1H3. The maximum atomic E-state index is 4.46. The van der Waals surface area contributed by atoms with Gasteiger partial charge in [0.1, 0.15) is 5.82 Å². The van der Waals surface area contributed by atoms with E-state index in [0.29, 0.717) is 0 Å². The molecule has 2 rings (SSSR count). The van der Waals surface area contributed by atoms with Gasteiger partial charge in [-0.05, 0) is 12.5 Å². The molecule has 0 saturated heterocycles. The van der Waals surface area contributed by atoms with Crippen LogP contribution in [0.4, 0.5) is 0 Å². The van der Waals surface area contributed by atoms with Gasteiger partial charge in [0.15, 0.2) is 0 Å². The monoisotopic (exact) mass is 189 g/mol. The molecule has 3 heteroatoms. The Hall–Kier alpha value is -1.38. The topological polar surface area (TPSA) is 41.6 Å². The summed E-state index contributed by atoms with van der Waals surface area (Å²) in [6.07, 6.45) is 8.45. The largest absolute Gasteiger partial charge is 0.359 e. The number of aromatic nitrogens is 3. The highest BCUT2D eigenvalue weighted by molar-refractivity contribution is 5.73. The Labute approximate surface area is 83.6 Å². The molecule has 0 amide bonds. The van der Waals surface area contributed by atoms with E-state index >= 15 is 0 Å². The van der Waals surface area contributed by atoms with Crippen molar-refractivity contribution in [2.45, 2.75) is 32.6 Å². The molecular formula is C11H15N3. The zero-order chi connectivity index (χ0) is 9.80. The van der Waals surface area contributed by atoms with Crippen LogP contribution in [0.3, 0.4) is 0 Å². The van der Waals surface area contributed by atoms with Crippen LogP contribution in [0.1, 0.15) is 32.0 Å². The maximum Gasteiger partial charge on any atom is 0.129 e. The molecule has 0 aliphatic heterocycles. The number of hydrogen-bond donors (Lipinski definition) is 1. The SMILES string of the molecule is CCCCCc1ncc2[nH]ccc2n1. The summed E-state index contributed by atoms with van der Waals surface area (Å²) < 4.78 is 0. The van der Waals surface area contributed by atoms with Crippen molar-refractivity contribution in [1.82, 2.24) is 15.0 Å². The minimum Gasteiger partial charge on any atom is -0.359 e. The van der Waals surface area contributed by atoms with Crippen molar-refractivity contribution in [1.29, 1.82) is 0 Å². The van der Waals surface area contributed by atoms with Crippen LogP contribution >= 0.6 is 0 Å². The van der Waals surface area contributed by atoms with Crippen molar-refractivity contribution < 1.29 is 0 Å². The molecule has 0 saturated carbocycles. The fourth-order valence-electron chi connectivity index (χ4n) is 1.54. The van der Waals surface area contributed by atoms with Gasteiger partial charge in [-0.1, -0.05) is 19.8 Å². The van der Waals surface area contributed by atoms with Gasteiger partial charge in [-0.2, -0.15) is 0 Å². The minimum atomic E-state index is 0.963. The van der Waals surface area contributed by atoms with Gasteiger partial charge in [-0.25, -0.2) is 9.97 Å². The van der Waals surface area contributed by atoms with E-state index in [4.69, 9.17) is 0 Å². The molecule has 0 aromatic carbocycles. The fourth-order valence-corrected chi connectivity index (χ4v) is 1.54. The van der Waals surface area contributed by atoms with E-state index in [2.05, 4.69) is 21.9 Å². The lowest BCUT2D eigenvalue weighted by molar-refractivity contribution is 0.696. The number of unbranched alkanes of at least 4 members (excludes halogenated alkanes) is 2. The molecular weight excluding hydrogens is 174 g/mol. The van der Waals surface area contributed by atoms with Gasteiger partial charge in [0.2, 0.25) is 0 Å². The van der Waals surface area contributed by atoms with Crippen molar-refractivity contribution in [2.24, 2.45) is 0 Å². The average Bonchev–Trinajstić information content (AvgIpc) is 2.65. The fraction of sp³-hybridized carbons (Fsp3) is 0.455. The van der Waals surface area contributed by atoms with Crippen molar-refractivity contribution in [2.75, 3.05) is 0 Å². The van der Waals surface area contributed by atoms with Crippen LogP contribution in [0.25, 0.3) is 11.0 Å². The Kier molecular flexibility index (Phi) is 2.77. The van der Waals surface area contributed by atoms with Crippen molar-refractivity contribution in [3.8, 4) is 0 Å². The number of aromatic amines is 1. The summed E-state index contributed by atoms with van der Waals surface area (Å²) in [4.78, 5) is 11.9. The van der Waals surface area contributed by atoms with Crippen molar-refractivity contribution >= 4 is 11.0 Å². The van der Waals surface area contributed by atoms with E-state index in [0.717, 1.165) is 23.3 Å². The number of nitrogens with one attached hydrogen (secondary N) is 1. The number of fused-ring (bicyclic) bond motifs is 1. The summed E-state index contributed by atoms with van der Waals surface area (Å²) in [5.74, 6) is 0.963. The summed E-state index contributed by atoms with van der Waals surface area (Å²) in [5, 5.41) is 0. The highest BCUT2D eigenvalue weighted by atomic mass is 14.9. The summed E-state index contributed by atoms with van der Waals surface area (Å²) in [6.45, 7) is 2.20. The van der Waals surface area contributed by atoms with Crippen molar-refractivity contribution in [3.63, 3.8) is 0 Å². The second kappa shape index (κ2) is 4.22. The van der Waals surface area contributed by atoms with Crippen LogP contribution in [0, 0.1) is 0 Å². The Balaban J connectivity index is 2.10. The van der Waals surface area contributed by atoms with Gasteiger partial charge >= 0.3 is 0 Å². The van der Waals surface area contributed by atoms with Crippen LogP contribution < -0.4 is 0 Å². The lowest BCUT2D eigenvalue weighted by atomic mass is 10.2. The van der Waals surface area contributed by atoms with E-state index < -0.39 is 0 Å². The lowest BCUT2D eigenvalue weighted by Crippen LogP contribution is -1.94. The maximum absolute atomic E-state index is 4.46. The van der Waals surface area contributed by atoms with Crippen LogP contribution in [-0.4, -0.2) is 15.0 Å². The van der Waals surface area contributed by atoms with E-state index in [-0.39, 0.29) is 0 Å². The molecule has 0 spiro atoms. The van der Waals surface area contributed by atoms with Crippen LogP contribution in [0.5, 0.6) is 0 Å². The van der Waals surface area contributed by atoms with Gasteiger partial charge < -0.3 is 4.98 Å². The first-order valence-corrected chi connectivity index (χ1v) is 5.19. The summed E-state index contributed by atoms with van der Waals surface area (Å²) >= 11 is 0. The smallest absolute Gasteiger partial charge is 0.129 e. The zero-order valence-electron chi connectivity index (χ0n) is 8.45. The number of H-pyrrole nitrogens is 1. The summed E-state index contributed by atoms with van der Waals surface area (Å²) in [7, 11) is 0. The third-order valence-corrected chi connectivity index (χ3v) is 2.35. The molecule has 74 valence electrons. The summed E-state index contributed by atoms with van der Waals surface area (Å²) in [6, 6.07) is 1.99. The number of hydrogen-bond acceptors (Lipinski definition) is 2. The number of nitrogens with zero attached hydrogens (tertiary/aromatic N) is 2. The first-order chi connectivity index (χ1) is 6.90. The number of aryl methyl sites for hydroxylation is 1. The molecule has 0 aliphatic rings. The highest BCUT2D eigenvalue weighted by Gasteiger charge is 1.99. The Bertz CT molecular complexity index is 406. The molecule has 2 aromatic rings. The van der Waals surface area contributed by atoms with Crippen LogP contribution in [0.15, 0.2) is 18.5 Å². The molecule has 0 aliphatic carbocycles. The Morgan fingerprint density at radius 2 is 2.29 bits per heavy atom. The Morgan fingerprint density at radius 1 is 1.36 bits per heavy atom. The molecule has 1 N–H and O–H groups in total. The van der Waals surface area contributed by atoms with E-state index in [1.165, 1.54) is 19.3 Å². The molecule has 2 heterocycles. The van der Waals surface area contributed by atoms with E-state index in [1.807, 2.05) is 18.5 Å². The van der Waals surface area contributed by atoms with Gasteiger partial charge in [0, 0.05) is 12.6 Å². The average molecular weight is 189 g/mol. The van der Waals surface area contributed by atoms with Crippen molar-refractivity contribution in [3.05, 3.63) is 24.3 Å². The first-order valence-electron chi connectivity index (χ1n) is 5.19. The second-order valence-electron chi connectivity index (χ2n) is 3.52. The van der Waals surface area contributed by atoms with Gasteiger partial charge in [0.25, 0.3) is 0 Å². The lowest BCUT2D eigenvalue weighted by Gasteiger charge is -1.98. The molecule has 0 bridgehead atoms. The molecule has 0 unspecified atom stereocenters. The number of rotatable bonds is 4. The van der Waals surface area contributed by atoms with Gasteiger partial charge in [-0.15, -0.1) is 0 Å². The Morgan fingerprint density at radius 3 is 3.14 bits per heavy atom.